The fourth-order valence-corrected chi connectivity index (χ4v) is 4.31. The summed E-state index contributed by atoms with van der Waals surface area (Å²) in [6.07, 6.45) is 1.91. The highest BCUT2D eigenvalue weighted by atomic mass is 32.2. The normalized spacial score (nSPS) is 12.5. The molecule has 0 aliphatic heterocycles. The first-order valence-corrected chi connectivity index (χ1v) is 11.3. The van der Waals surface area contributed by atoms with Crippen LogP contribution in [-0.2, 0) is 14.8 Å². The zero-order valence-corrected chi connectivity index (χ0v) is 18.1. The van der Waals surface area contributed by atoms with Crippen molar-refractivity contribution in [3.05, 3.63) is 64.7 Å². The Morgan fingerprint density at radius 1 is 1.07 bits per heavy atom. The third-order valence-electron chi connectivity index (χ3n) is 4.72. The van der Waals surface area contributed by atoms with E-state index in [2.05, 4.69) is 11.4 Å². The second-order valence-corrected chi connectivity index (χ2v) is 9.33. The second-order valence-electron chi connectivity index (χ2n) is 7.43. The van der Waals surface area contributed by atoms with Gasteiger partial charge in [0.1, 0.15) is 0 Å². The lowest BCUT2D eigenvalue weighted by Gasteiger charge is -2.23. The van der Waals surface area contributed by atoms with E-state index in [0.717, 1.165) is 16.7 Å². The van der Waals surface area contributed by atoms with E-state index in [1.54, 1.807) is 6.07 Å². The van der Waals surface area contributed by atoms with Crippen molar-refractivity contribution in [3.8, 4) is 0 Å². The quantitative estimate of drug-likeness (QED) is 0.725. The number of carbonyl (C=O) groups excluding carboxylic acids is 1. The second kappa shape index (κ2) is 9.24. The van der Waals surface area contributed by atoms with Gasteiger partial charge in [0.2, 0.25) is 15.9 Å². The molecule has 1 atom stereocenters. The largest absolute Gasteiger partial charge is 0.350 e. The van der Waals surface area contributed by atoms with E-state index in [1.165, 1.54) is 16.1 Å². The van der Waals surface area contributed by atoms with Crippen LogP contribution in [0.2, 0.25) is 0 Å². The summed E-state index contributed by atoms with van der Waals surface area (Å²) in [5.74, 6) is -0.0785. The van der Waals surface area contributed by atoms with Crippen LogP contribution in [0.4, 0.5) is 5.69 Å². The van der Waals surface area contributed by atoms with Gasteiger partial charge in [0.05, 0.1) is 18.0 Å². The standard InChI is InChI=1S/C22H30N2O3S/c1-16-8-6-9-20(15-16)24(28(5,26)27)13-7-10-22(25)23-19(4)21-12-11-17(2)14-18(21)3/h6,8-9,11-12,14-15,19H,7,10,13H2,1-5H3,(H,23,25)/t19-/m0/s1. The van der Waals surface area contributed by atoms with Crippen molar-refractivity contribution in [2.45, 2.75) is 46.6 Å². The number of rotatable bonds is 8. The highest BCUT2D eigenvalue weighted by Gasteiger charge is 2.18. The minimum atomic E-state index is -3.41. The molecule has 2 aromatic carbocycles. The van der Waals surface area contributed by atoms with Crippen LogP contribution < -0.4 is 9.62 Å². The summed E-state index contributed by atoms with van der Waals surface area (Å²) in [6, 6.07) is 13.5. The van der Waals surface area contributed by atoms with Crippen LogP contribution >= 0.6 is 0 Å². The van der Waals surface area contributed by atoms with Gasteiger partial charge in [0, 0.05) is 13.0 Å². The number of hydrogen-bond acceptors (Lipinski definition) is 3. The molecule has 0 saturated carbocycles. The van der Waals surface area contributed by atoms with Crippen LogP contribution in [-0.4, -0.2) is 27.1 Å². The highest BCUT2D eigenvalue weighted by molar-refractivity contribution is 7.92. The molecule has 0 aromatic heterocycles. The zero-order valence-electron chi connectivity index (χ0n) is 17.3. The minimum absolute atomic E-state index is 0.0785. The highest BCUT2D eigenvalue weighted by Crippen LogP contribution is 2.21. The van der Waals surface area contributed by atoms with Crippen LogP contribution in [0.3, 0.4) is 0 Å². The number of nitrogens with one attached hydrogen (secondary N) is 1. The predicted octanol–water partition coefficient (Wildman–Crippen LogP) is 4.04. The maximum atomic E-state index is 12.3. The molecule has 6 heteroatoms. The fourth-order valence-electron chi connectivity index (χ4n) is 3.36. The van der Waals surface area contributed by atoms with Crippen molar-refractivity contribution in [3.63, 3.8) is 0 Å². The first-order chi connectivity index (χ1) is 13.1. The average Bonchev–Trinajstić information content (AvgIpc) is 2.57. The summed E-state index contributed by atoms with van der Waals surface area (Å²) < 4.78 is 25.7. The Bertz CT molecular complexity index is 939. The summed E-state index contributed by atoms with van der Waals surface area (Å²) >= 11 is 0. The molecule has 1 N–H and O–H groups in total. The Morgan fingerprint density at radius 2 is 1.75 bits per heavy atom. The fraction of sp³-hybridized carbons (Fsp3) is 0.409. The average molecular weight is 403 g/mol. The Morgan fingerprint density at radius 3 is 2.36 bits per heavy atom. The number of sulfonamides is 1. The predicted molar refractivity (Wildman–Crippen MR) is 115 cm³/mol. The van der Waals surface area contributed by atoms with Crippen molar-refractivity contribution in [2.75, 3.05) is 17.1 Å². The SMILES string of the molecule is Cc1cccc(N(CCCC(=O)N[C@@H](C)c2ccc(C)cc2C)S(C)(=O)=O)c1. The van der Waals surface area contributed by atoms with Crippen LogP contribution in [0.25, 0.3) is 0 Å². The molecule has 5 nitrogen and oxygen atoms in total. The van der Waals surface area contributed by atoms with Gasteiger partial charge in [-0.15, -0.1) is 0 Å². The third-order valence-corrected chi connectivity index (χ3v) is 5.92. The molecule has 28 heavy (non-hydrogen) atoms. The number of benzene rings is 2. The van der Waals surface area contributed by atoms with E-state index in [0.29, 0.717) is 12.1 Å². The van der Waals surface area contributed by atoms with Gasteiger partial charge >= 0.3 is 0 Å². The molecule has 0 fully saturated rings. The number of carbonyl (C=O) groups is 1. The summed E-state index contributed by atoms with van der Waals surface area (Å²) in [4.78, 5) is 12.3. The Balaban J connectivity index is 1.95. The number of amides is 1. The van der Waals surface area contributed by atoms with Crippen molar-refractivity contribution in [1.82, 2.24) is 5.32 Å². The van der Waals surface area contributed by atoms with Gasteiger partial charge in [-0.25, -0.2) is 8.42 Å². The molecular weight excluding hydrogens is 372 g/mol. The molecule has 0 unspecified atom stereocenters. The Labute approximate surface area is 168 Å². The lowest BCUT2D eigenvalue weighted by molar-refractivity contribution is -0.121. The molecule has 0 spiro atoms. The molecule has 2 aromatic rings. The van der Waals surface area contributed by atoms with Gasteiger partial charge in [0.25, 0.3) is 0 Å². The lowest BCUT2D eigenvalue weighted by Crippen LogP contribution is -2.32. The van der Waals surface area contributed by atoms with Crippen LogP contribution in [0.5, 0.6) is 0 Å². The molecule has 2 rings (SSSR count). The van der Waals surface area contributed by atoms with Gasteiger partial charge in [-0.3, -0.25) is 9.10 Å². The Kier molecular flexibility index (Phi) is 7.24. The summed E-state index contributed by atoms with van der Waals surface area (Å²) in [5.41, 5.74) is 5.06. The molecule has 0 bridgehead atoms. The van der Waals surface area contributed by atoms with E-state index >= 15 is 0 Å². The van der Waals surface area contributed by atoms with Crippen molar-refractivity contribution >= 4 is 21.6 Å². The summed E-state index contributed by atoms with van der Waals surface area (Å²) in [7, 11) is -3.41. The summed E-state index contributed by atoms with van der Waals surface area (Å²) in [6.45, 7) is 8.24. The van der Waals surface area contributed by atoms with Crippen LogP contribution in [0.15, 0.2) is 42.5 Å². The molecule has 0 aliphatic carbocycles. The molecule has 0 aliphatic rings. The number of anilines is 1. The van der Waals surface area contributed by atoms with E-state index in [-0.39, 0.29) is 24.9 Å². The Hall–Kier alpha value is -2.34. The maximum Gasteiger partial charge on any atom is 0.232 e. The van der Waals surface area contributed by atoms with Gasteiger partial charge in [-0.05, 0) is 62.9 Å². The molecule has 152 valence electrons. The van der Waals surface area contributed by atoms with Gasteiger partial charge in [-0.2, -0.15) is 0 Å². The minimum Gasteiger partial charge on any atom is -0.350 e. The third kappa shape index (κ3) is 6.09. The van der Waals surface area contributed by atoms with Gasteiger partial charge < -0.3 is 5.32 Å². The first kappa shape index (κ1) is 22.0. The van der Waals surface area contributed by atoms with E-state index < -0.39 is 10.0 Å². The lowest BCUT2D eigenvalue weighted by atomic mass is 10.00. The molecule has 1 amide bonds. The van der Waals surface area contributed by atoms with E-state index in [4.69, 9.17) is 0 Å². The van der Waals surface area contributed by atoms with Crippen molar-refractivity contribution in [1.29, 1.82) is 0 Å². The topological polar surface area (TPSA) is 66.5 Å². The summed E-state index contributed by atoms with van der Waals surface area (Å²) in [5, 5.41) is 3.01. The number of nitrogens with zero attached hydrogens (tertiary/aromatic N) is 1. The van der Waals surface area contributed by atoms with Crippen molar-refractivity contribution < 1.29 is 13.2 Å². The maximum absolute atomic E-state index is 12.3. The monoisotopic (exact) mass is 402 g/mol. The molecule has 0 radical (unpaired) electrons. The first-order valence-electron chi connectivity index (χ1n) is 9.49. The number of hydrogen-bond donors (Lipinski definition) is 1. The van der Waals surface area contributed by atoms with E-state index in [9.17, 15) is 13.2 Å². The zero-order chi connectivity index (χ0) is 20.9. The number of aryl methyl sites for hydroxylation is 3. The van der Waals surface area contributed by atoms with Crippen LogP contribution in [0, 0.1) is 20.8 Å². The van der Waals surface area contributed by atoms with Crippen molar-refractivity contribution in [2.24, 2.45) is 0 Å². The van der Waals surface area contributed by atoms with E-state index in [1.807, 2.05) is 58.0 Å². The van der Waals surface area contributed by atoms with Gasteiger partial charge in [-0.1, -0.05) is 35.9 Å². The molecular formula is C22H30N2O3S. The molecule has 0 heterocycles. The molecule has 0 saturated heterocycles. The van der Waals surface area contributed by atoms with Gasteiger partial charge in [0.15, 0.2) is 0 Å². The van der Waals surface area contributed by atoms with Crippen LogP contribution in [0.1, 0.15) is 48.1 Å². The smallest absolute Gasteiger partial charge is 0.232 e.